The molecule has 0 spiro atoms. The summed E-state index contributed by atoms with van der Waals surface area (Å²) in [4.78, 5) is 4.21. The molecule has 0 unspecified atom stereocenters. The molecule has 0 aliphatic rings. The number of imidazole rings is 1. The van der Waals surface area contributed by atoms with Crippen molar-refractivity contribution in [2.45, 2.75) is 13.3 Å². The van der Waals surface area contributed by atoms with E-state index in [-0.39, 0.29) is 5.84 Å². The van der Waals surface area contributed by atoms with Gasteiger partial charge in [-0.05, 0) is 18.6 Å². The first-order valence-corrected chi connectivity index (χ1v) is 4.60. The summed E-state index contributed by atoms with van der Waals surface area (Å²) in [6.45, 7) is 1.93. The number of hydrogen-bond acceptors (Lipinski definition) is 3. The Hall–Kier alpha value is -2.04. The highest BCUT2D eigenvalue weighted by Crippen LogP contribution is 2.12. The molecule has 0 bridgehead atoms. The number of amidine groups is 1. The molecule has 2 aromatic rings. The van der Waals surface area contributed by atoms with Crippen LogP contribution in [0, 0.1) is 6.92 Å². The Kier molecular flexibility index (Phi) is 2.29. The lowest BCUT2D eigenvalue weighted by Gasteiger charge is -2.03. The topological polar surface area (TPSA) is 75.9 Å². The molecule has 2 aromatic heterocycles. The van der Waals surface area contributed by atoms with Crippen molar-refractivity contribution in [3.8, 4) is 0 Å². The summed E-state index contributed by atoms with van der Waals surface area (Å²) < 4.78 is 1.97. The van der Waals surface area contributed by atoms with E-state index >= 15 is 0 Å². The van der Waals surface area contributed by atoms with Gasteiger partial charge in [-0.3, -0.25) is 0 Å². The smallest absolute Gasteiger partial charge is 0.143 e. The molecule has 0 aliphatic carbocycles. The fourth-order valence-electron chi connectivity index (χ4n) is 1.59. The quantitative estimate of drug-likeness (QED) is 0.331. The maximum atomic E-state index is 8.51. The van der Waals surface area contributed by atoms with E-state index in [0.717, 1.165) is 16.9 Å². The van der Waals surface area contributed by atoms with Crippen LogP contribution >= 0.6 is 0 Å². The van der Waals surface area contributed by atoms with Crippen LogP contribution in [0.15, 0.2) is 29.7 Å². The van der Waals surface area contributed by atoms with Gasteiger partial charge < -0.3 is 15.3 Å². The highest BCUT2D eigenvalue weighted by atomic mass is 16.4. The Morgan fingerprint density at radius 1 is 1.67 bits per heavy atom. The average molecular weight is 204 g/mol. The molecule has 78 valence electrons. The molecule has 0 aliphatic heterocycles. The first kappa shape index (κ1) is 9.51. The normalized spacial score (nSPS) is 12.2. The largest absolute Gasteiger partial charge is 0.409 e. The molecule has 15 heavy (non-hydrogen) atoms. The minimum Gasteiger partial charge on any atom is -0.409 e. The Balaban J connectivity index is 2.52. The molecule has 0 amide bonds. The number of nitrogens with two attached hydrogens (primary N) is 1. The van der Waals surface area contributed by atoms with Crippen LogP contribution in [0.3, 0.4) is 0 Å². The van der Waals surface area contributed by atoms with E-state index in [4.69, 9.17) is 10.9 Å². The Morgan fingerprint density at radius 2 is 2.47 bits per heavy atom. The minimum absolute atomic E-state index is 0.196. The summed E-state index contributed by atoms with van der Waals surface area (Å²) in [7, 11) is 0. The van der Waals surface area contributed by atoms with Crippen LogP contribution in [0.5, 0.6) is 0 Å². The molecule has 0 aromatic carbocycles. The lowest BCUT2D eigenvalue weighted by atomic mass is 10.1. The molecular weight excluding hydrogens is 192 g/mol. The van der Waals surface area contributed by atoms with E-state index in [9.17, 15) is 0 Å². The maximum absolute atomic E-state index is 8.51. The third-order valence-corrected chi connectivity index (χ3v) is 2.34. The molecule has 0 saturated carbocycles. The van der Waals surface area contributed by atoms with Crippen LogP contribution < -0.4 is 5.73 Å². The number of rotatable bonds is 2. The lowest BCUT2D eigenvalue weighted by Crippen LogP contribution is -2.15. The van der Waals surface area contributed by atoms with Gasteiger partial charge in [-0.25, -0.2) is 4.98 Å². The van der Waals surface area contributed by atoms with Crippen molar-refractivity contribution in [2.24, 2.45) is 10.9 Å². The molecule has 2 heterocycles. The molecule has 5 nitrogen and oxygen atoms in total. The Morgan fingerprint density at radius 3 is 3.20 bits per heavy atom. The Labute approximate surface area is 86.8 Å². The fourth-order valence-corrected chi connectivity index (χ4v) is 1.59. The monoisotopic (exact) mass is 204 g/mol. The molecular formula is C10H12N4O. The standard InChI is InChI=1S/C10H12N4O/c1-7-12-6-9-8(5-10(11)13-15)3-2-4-14(7)9/h2-4,6,15H,5H2,1H3,(H2,11,13). The van der Waals surface area contributed by atoms with Crippen molar-refractivity contribution in [1.82, 2.24) is 9.38 Å². The molecule has 3 N–H and O–H groups in total. The van der Waals surface area contributed by atoms with Gasteiger partial charge in [-0.2, -0.15) is 0 Å². The Bertz CT molecular complexity index is 515. The van der Waals surface area contributed by atoms with Gasteiger partial charge in [0, 0.05) is 12.6 Å². The van der Waals surface area contributed by atoms with Crippen molar-refractivity contribution in [1.29, 1.82) is 0 Å². The predicted octanol–water partition coefficient (Wildman–Crippen LogP) is 0.932. The second-order valence-electron chi connectivity index (χ2n) is 3.36. The lowest BCUT2D eigenvalue weighted by molar-refractivity contribution is 0.317. The van der Waals surface area contributed by atoms with E-state index in [1.165, 1.54) is 0 Å². The summed E-state index contributed by atoms with van der Waals surface area (Å²) in [5.74, 6) is 1.12. The van der Waals surface area contributed by atoms with Crippen molar-refractivity contribution >= 4 is 11.4 Å². The van der Waals surface area contributed by atoms with Crippen molar-refractivity contribution in [2.75, 3.05) is 0 Å². The van der Waals surface area contributed by atoms with Gasteiger partial charge >= 0.3 is 0 Å². The third-order valence-electron chi connectivity index (χ3n) is 2.34. The van der Waals surface area contributed by atoms with Gasteiger partial charge in [-0.15, -0.1) is 0 Å². The highest BCUT2D eigenvalue weighted by molar-refractivity contribution is 5.84. The third kappa shape index (κ3) is 1.63. The predicted molar refractivity (Wildman–Crippen MR) is 57.0 cm³/mol. The molecule has 0 fully saturated rings. The summed E-state index contributed by atoms with van der Waals surface area (Å²) >= 11 is 0. The summed E-state index contributed by atoms with van der Waals surface area (Å²) in [5.41, 5.74) is 7.45. The molecule has 0 saturated heterocycles. The number of aryl methyl sites for hydroxylation is 1. The zero-order valence-corrected chi connectivity index (χ0v) is 8.38. The number of fused-ring (bicyclic) bond motifs is 1. The zero-order chi connectivity index (χ0) is 10.8. The van der Waals surface area contributed by atoms with Gasteiger partial charge in [0.2, 0.25) is 0 Å². The van der Waals surface area contributed by atoms with E-state index in [1.807, 2.05) is 29.7 Å². The second kappa shape index (κ2) is 3.61. The van der Waals surface area contributed by atoms with Gasteiger partial charge in [0.25, 0.3) is 0 Å². The fraction of sp³-hybridized carbons (Fsp3) is 0.200. The summed E-state index contributed by atoms with van der Waals surface area (Å²) in [6.07, 6.45) is 4.15. The minimum atomic E-state index is 0.196. The first-order valence-electron chi connectivity index (χ1n) is 4.60. The molecule has 0 atom stereocenters. The molecule has 2 rings (SSSR count). The van der Waals surface area contributed by atoms with Crippen LogP contribution in [0.1, 0.15) is 11.4 Å². The SMILES string of the molecule is Cc1ncc2c(C/C(N)=N/O)cccn12. The van der Waals surface area contributed by atoms with Gasteiger partial charge in [-0.1, -0.05) is 11.2 Å². The highest BCUT2D eigenvalue weighted by Gasteiger charge is 2.05. The number of hydrogen-bond donors (Lipinski definition) is 2. The second-order valence-corrected chi connectivity index (χ2v) is 3.36. The number of pyridine rings is 1. The molecule has 0 radical (unpaired) electrons. The van der Waals surface area contributed by atoms with Crippen LogP contribution in [-0.4, -0.2) is 20.4 Å². The van der Waals surface area contributed by atoms with Crippen LogP contribution in [-0.2, 0) is 6.42 Å². The van der Waals surface area contributed by atoms with Crippen molar-refractivity contribution in [3.05, 3.63) is 35.9 Å². The van der Waals surface area contributed by atoms with Gasteiger partial charge in [0.05, 0.1) is 11.7 Å². The van der Waals surface area contributed by atoms with Gasteiger partial charge in [0.15, 0.2) is 0 Å². The van der Waals surface area contributed by atoms with Crippen LogP contribution in [0.25, 0.3) is 5.52 Å². The van der Waals surface area contributed by atoms with E-state index in [1.54, 1.807) is 6.20 Å². The van der Waals surface area contributed by atoms with E-state index in [2.05, 4.69) is 10.1 Å². The van der Waals surface area contributed by atoms with E-state index in [0.29, 0.717) is 6.42 Å². The first-order chi connectivity index (χ1) is 7.22. The van der Waals surface area contributed by atoms with E-state index < -0.39 is 0 Å². The maximum Gasteiger partial charge on any atom is 0.143 e. The number of nitrogens with zero attached hydrogens (tertiary/aromatic N) is 3. The number of aromatic nitrogens is 2. The van der Waals surface area contributed by atoms with Crippen LogP contribution in [0.2, 0.25) is 0 Å². The van der Waals surface area contributed by atoms with Gasteiger partial charge in [0.1, 0.15) is 11.7 Å². The van der Waals surface area contributed by atoms with Crippen molar-refractivity contribution in [3.63, 3.8) is 0 Å². The summed E-state index contributed by atoms with van der Waals surface area (Å²) in [5, 5.41) is 11.5. The van der Waals surface area contributed by atoms with Crippen LogP contribution in [0.4, 0.5) is 0 Å². The zero-order valence-electron chi connectivity index (χ0n) is 8.38. The van der Waals surface area contributed by atoms with Crippen molar-refractivity contribution < 1.29 is 5.21 Å². The molecule has 5 heteroatoms. The summed E-state index contributed by atoms with van der Waals surface area (Å²) in [6, 6.07) is 3.86. The average Bonchev–Trinajstić information content (AvgIpc) is 2.62. The number of oxime groups is 1.